The van der Waals surface area contributed by atoms with Crippen LogP contribution >= 0.6 is 23.4 Å². The number of benzene rings is 2. The van der Waals surface area contributed by atoms with E-state index in [2.05, 4.69) is 29.4 Å². The van der Waals surface area contributed by atoms with Crippen LogP contribution in [0.4, 0.5) is 0 Å². The van der Waals surface area contributed by atoms with Crippen molar-refractivity contribution in [3.05, 3.63) is 70.5 Å². The maximum Gasteiger partial charge on any atom is 0.233 e. The number of hydrogen-bond acceptors (Lipinski definition) is 6. The molecule has 0 spiro atoms. The van der Waals surface area contributed by atoms with Gasteiger partial charge in [0.05, 0.1) is 5.25 Å². The average molecular weight is 460 g/mol. The highest BCUT2D eigenvalue weighted by Gasteiger charge is 2.19. The molecule has 0 bridgehead atoms. The van der Waals surface area contributed by atoms with E-state index in [-0.39, 0.29) is 12.5 Å². The summed E-state index contributed by atoms with van der Waals surface area (Å²) in [7, 11) is 0. The molecule has 0 saturated carbocycles. The molecule has 1 atom stereocenters. The summed E-state index contributed by atoms with van der Waals surface area (Å²) >= 11 is 7.36. The van der Waals surface area contributed by atoms with Gasteiger partial charge in [-0.05, 0) is 42.2 Å². The number of nitrogens with one attached hydrogen (secondary N) is 1. The maximum atomic E-state index is 12.4. The molecule has 1 aromatic heterocycles. The van der Waals surface area contributed by atoms with E-state index in [0.717, 1.165) is 11.3 Å². The topological polar surface area (TPSA) is 95.1 Å². The highest BCUT2D eigenvalue weighted by Crippen LogP contribution is 2.23. The van der Waals surface area contributed by atoms with Gasteiger partial charge in [0.25, 0.3) is 0 Å². The molecular weight excluding hydrogens is 434 g/mol. The first-order valence-corrected chi connectivity index (χ1v) is 11.2. The summed E-state index contributed by atoms with van der Waals surface area (Å²) in [5, 5.41) is 11.7. The molecule has 2 aromatic carbocycles. The van der Waals surface area contributed by atoms with Gasteiger partial charge in [-0.1, -0.05) is 67.5 Å². The molecule has 3 aromatic rings. The van der Waals surface area contributed by atoms with Crippen LogP contribution in [0.25, 0.3) is 0 Å². The Morgan fingerprint density at radius 2 is 1.87 bits per heavy atom. The van der Waals surface area contributed by atoms with Crippen LogP contribution in [-0.4, -0.2) is 26.0 Å². The minimum atomic E-state index is -0.411. The monoisotopic (exact) mass is 459 g/mol. The molecule has 7 nitrogen and oxygen atoms in total. The Labute approximate surface area is 191 Å². The maximum absolute atomic E-state index is 12.4. The van der Waals surface area contributed by atoms with E-state index < -0.39 is 5.25 Å². The lowest BCUT2D eigenvalue weighted by Crippen LogP contribution is -2.31. The van der Waals surface area contributed by atoms with Crippen molar-refractivity contribution >= 4 is 29.3 Å². The van der Waals surface area contributed by atoms with Crippen LogP contribution in [-0.2, 0) is 17.9 Å². The molecule has 1 amide bonds. The molecule has 164 valence electrons. The first kappa shape index (κ1) is 23.0. The number of rotatable bonds is 9. The molecule has 0 aliphatic heterocycles. The SMILES string of the molecule is CC(Sc1nnc(COc2ccc(C(C)C)cc2)n1N)C(=O)NCc1ccccc1Cl. The molecule has 0 radical (unpaired) electrons. The van der Waals surface area contributed by atoms with Gasteiger partial charge < -0.3 is 15.9 Å². The Bertz CT molecular complexity index is 1020. The Balaban J connectivity index is 1.53. The quantitative estimate of drug-likeness (QED) is 0.368. The number of hydrogen-bond donors (Lipinski definition) is 2. The van der Waals surface area contributed by atoms with Gasteiger partial charge in [-0.25, -0.2) is 4.68 Å². The zero-order valence-corrected chi connectivity index (χ0v) is 19.3. The molecular formula is C22H26ClN5O2S. The van der Waals surface area contributed by atoms with Gasteiger partial charge in [-0.3, -0.25) is 4.79 Å². The van der Waals surface area contributed by atoms with Crippen LogP contribution in [0.15, 0.2) is 53.7 Å². The van der Waals surface area contributed by atoms with Crippen molar-refractivity contribution in [2.75, 3.05) is 5.84 Å². The lowest BCUT2D eigenvalue weighted by atomic mass is 10.0. The third-order valence-corrected chi connectivity index (χ3v) is 6.14. The van der Waals surface area contributed by atoms with E-state index in [1.165, 1.54) is 22.0 Å². The van der Waals surface area contributed by atoms with E-state index in [1.54, 1.807) is 13.0 Å². The summed E-state index contributed by atoms with van der Waals surface area (Å²) in [5.74, 6) is 7.63. The van der Waals surface area contributed by atoms with Crippen LogP contribution in [0.5, 0.6) is 5.75 Å². The minimum Gasteiger partial charge on any atom is -0.486 e. The van der Waals surface area contributed by atoms with E-state index in [9.17, 15) is 4.79 Å². The highest BCUT2D eigenvalue weighted by molar-refractivity contribution is 8.00. The largest absolute Gasteiger partial charge is 0.486 e. The van der Waals surface area contributed by atoms with E-state index in [1.807, 2.05) is 42.5 Å². The smallest absolute Gasteiger partial charge is 0.233 e. The van der Waals surface area contributed by atoms with Crippen LogP contribution in [0.3, 0.4) is 0 Å². The second kappa shape index (κ2) is 10.5. The second-order valence-electron chi connectivity index (χ2n) is 7.35. The summed E-state index contributed by atoms with van der Waals surface area (Å²) in [6, 6.07) is 15.3. The van der Waals surface area contributed by atoms with E-state index >= 15 is 0 Å². The summed E-state index contributed by atoms with van der Waals surface area (Å²) in [4.78, 5) is 12.4. The van der Waals surface area contributed by atoms with E-state index in [4.69, 9.17) is 22.2 Å². The van der Waals surface area contributed by atoms with Crippen molar-refractivity contribution in [2.45, 2.75) is 50.2 Å². The molecule has 0 saturated heterocycles. The van der Waals surface area contributed by atoms with Crippen LogP contribution in [0.1, 0.15) is 43.6 Å². The Morgan fingerprint density at radius 3 is 2.55 bits per heavy atom. The zero-order valence-electron chi connectivity index (χ0n) is 17.7. The fourth-order valence-electron chi connectivity index (χ4n) is 2.76. The predicted octanol–water partition coefficient (Wildman–Crippen LogP) is 4.14. The third-order valence-electron chi connectivity index (χ3n) is 4.71. The highest BCUT2D eigenvalue weighted by atomic mass is 35.5. The van der Waals surface area contributed by atoms with Crippen molar-refractivity contribution in [1.82, 2.24) is 20.2 Å². The van der Waals surface area contributed by atoms with Gasteiger partial charge in [0, 0.05) is 11.6 Å². The van der Waals surface area contributed by atoms with E-state index in [0.29, 0.717) is 28.5 Å². The number of nitrogens with zero attached hydrogens (tertiary/aromatic N) is 3. The van der Waals surface area contributed by atoms with Gasteiger partial charge >= 0.3 is 0 Å². The number of carbonyl (C=O) groups is 1. The Kier molecular flexibility index (Phi) is 7.81. The van der Waals surface area contributed by atoms with Gasteiger partial charge in [0.2, 0.25) is 11.1 Å². The van der Waals surface area contributed by atoms with Crippen LogP contribution in [0, 0.1) is 0 Å². The van der Waals surface area contributed by atoms with Crippen molar-refractivity contribution in [3.63, 3.8) is 0 Å². The number of ether oxygens (including phenoxy) is 1. The fourth-order valence-corrected chi connectivity index (χ4v) is 3.78. The minimum absolute atomic E-state index is 0.143. The Hall–Kier alpha value is -2.71. The normalized spacial score (nSPS) is 12.0. The number of aromatic nitrogens is 3. The van der Waals surface area contributed by atoms with Gasteiger partial charge in [-0.2, -0.15) is 0 Å². The average Bonchev–Trinajstić information content (AvgIpc) is 3.10. The van der Waals surface area contributed by atoms with Gasteiger partial charge in [-0.15, -0.1) is 10.2 Å². The van der Waals surface area contributed by atoms with Crippen LogP contribution in [0.2, 0.25) is 5.02 Å². The van der Waals surface area contributed by atoms with Crippen molar-refractivity contribution in [1.29, 1.82) is 0 Å². The van der Waals surface area contributed by atoms with Crippen LogP contribution < -0.4 is 15.9 Å². The lowest BCUT2D eigenvalue weighted by Gasteiger charge is -2.12. The summed E-state index contributed by atoms with van der Waals surface area (Å²) in [6.07, 6.45) is 0. The number of carbonyl (C=O) groups excluding carboxylic acids is 1. The lowest BCUT2D eigenvalue weighted by molar-refractivity contribution is -0.120. The zero-order chi connectivity index (χ0) is 22.4. The first-order chi connectivity index (χ1) is 14.8. The molecule has 3 N–H and O–H groups in total. The molecule has 31 heavy (non-hydrogen) atoms. The molecule has 3 rings (SSSR count). The summed E-state index contributed by atoms with van der Waals surface area (Å²) in [5.41, 5.74) is 2.10. The molecule has 0 fully saturated rings. The number of halogens is 1. The van der Waals surface area contributed by atoms with Gasteiger partial charge in [0.15, 0.2) is 5.82 Å². The molecule has 0 aliphatic carbocycles. The standard InChI is InChI=1S/C22H26ClN5O2S/c1-14(2)16-8-10-18(11-9-16)30-13-20-26-27-22(28(20)24)31-15(3)21(29)25-12-17-6-4-5-7-19(17)23/h4-11,14-15H,12-13,24H2,1-3H3,(H,25,29). The molecule has 0 aliphatic rings. The van der Waals surface area contributed by atoms with Gasteiger partial charge in [0.1, 0.15) is 12.4 Å². The third kappa shape index (κ3) is 6.15. The summed E-state index contributed by atoms with van der Waals surface area (Å²) < 4.78 is 7.12. The molecule has 1 heterocycles. The first-order valence-electron chi connectivity index (χ1n) is 9.95. The summed E-state index contributed by atoms with van der Waals surface area (Å²) in [6.45, 7) is 6.60. The second-order valence-corrected chi connectivity index (χ2v) is 9.07. The molecule has 1 unspecified atom stereocenters. The number of nitrogen functional groups attached to an aromatic ring is 1. The van der Waals surface area contributed by atoms with Crippen molar-refractivity contribution < 1.29 is 9.53 Å². The predicted molar refractivity (Wildman–Crippen MR) is 124 cm³/mol. The van der Waals surface area contributed by atoms with Crippen molar-refractivity contribution in [3.8, 4) is 5.75 Å². The number of nitrogens with two attached hydrogens (primary N) is 1. The van der Waals surface area contributed by atoms with Crippen molar-refractivity contribution in [2.24, 2.45) is 0 Å². The number of thioether (sulfide) groups is 1. The fraction of sp³-hybridized carbons (Fsp3) is 0.318. The Morgan fingerprint density at radius 1 is 1.16 bits per heavy atom. The number of amides is 1. The molecule has 9 heteroatoms.